The van der Waals surface area contributed by atoms with Crippen LogP contribution < -0.4 is 0 Å². The topological polar surface area (TPSA) is 45.4 Å². The number of benzene rings is 2. The molecule has 1 aromatic heterocycles. The first-order valence-corrected chi connectivity index (χ1v) is 6.21. The molecule has 3 nitrogen and oxygen atoms in total. The Hall–Kier alpha value is -2.42. The molecule has 0 amide bonds. The first-order valence-electron chi connectivity index (χ1n) is 6.21. The minimum absolute atomic E-state index is 0.260. The zero-order valence-electron chi connectivity index (χ0n) is 10.7. The number of fused-ring (bicyclic) bond motifs is 1. The highest BCUT2D eigenvalue weighted by Crippen LogP contribution is 2.28. The van der Waals surface area contributed by atoms with E-state index in [1.54, 1.807) is 18.2 Å². The van der Waals surface area contributed by atoms with E-state index in [0.29, 0.717) is 6.54 Å². The quantitative estimate of drug-likeness (QED) is 0.735. The van der Waals surface area contributed by atoms with Crippen molar-refractivity contribution in [1.82, 2.24) is 4.57 Å². The number of nitrogens with zero attached hydrogens (tertiary/aromatic N) is 1. The lowest BCUT2D eigenvalue weighted by atomic mass is 10.2. The maximum absolute atomic E-state index is 10.0. The standard InChI is InChI=1S/C16H15NO2/c1-11-8-13-5-3-7-15(19)16(13)17(11)10-12-4-2-6-14(18)9-12/h2-9,18-19H,10H2,1H3. The summed E-state index contributed by atoms with van der Waals surface area (Å²) in [6.45, 7) is 2.64. The lowest BCUT2D eigenvalue weighted by Gasteiger charge is -2.09. The fraction of sp³-hybridized carbons (Fsp3) is 0.125. The molecule has 2 N–H and O–H groups in total. The van der Waals surface area contributed by atoms with Gasteiger partial charge in [-0.15, -0.1) is 0 Å². The Kier molecular flexibility index (Phi) is 2.67. The van der Waals surface area contributed by atoms with Gasteiger partial charge in [-0.25, -0.2) is 0 Å². The second kappa shape index (κ2) is 4.35. The molecule has 0 aliphatic carbocycles. The third-order valence-corrected chi connectivity index (χ3v) is 3.36. The van der Waals surface area contributed by atoms with E-state index in [9.17, 15) is 10.2 Å². The Morgan fingerprint density at radius 3 is 2.58 bits per heavy atom. The molecule has 0 fully saturated rings. The molecule has 0 radical (unpaired) electrons. The number of aryl methyl sites for hydroxylation is 1. The van der Waals surface area contributed by atoms with Crippen LogP contribution in [0.25, 0.3) is 10.9 Å². The molecule has 0 saturated heterocycles. The van der Waals surface area contributed by atoms with Crippen LogP contribution in [0.5, 0.6) is 11.5 Å². The third-order valence-electron chi connectivity index (χ3n) is 3.36. The van der Waals surface area contributed by atoms with Crippen molar-refractivity contribution in [2.24, 2.45) is 0 Å². The normalized spacial score (nSPS) is 11.0. The molecule has 3 heteroatoms. The molecule has 0 spiro atoms. The lowest BCUT2D eigenvalue weighted by Crippen LogP contribution is -2.01. The summed E-state index contributed by atoms with van der Waals surface area (Å²) < 4.78 is 2.06. The molecule has 0 atom stereocenters. The van der Waals surface area contributed by atoms with Crippen LogP contribution in [0, 0.1) is 6.92 Å². The van der Waals surface area contributed by atoms with E-state index in [0.717, 1.165) is 22.2 Å². The van der Waals surface area contributed by atoms with Gasteiger partial charge in [-0.3, -0.25) is 0 Å². The van der Waals surface area contributed by atoms with Crippen molar-refractivity contribution in [3.8, 4) is 11.5 Å². The van der Waals surface area contributed by atoms with Gasteiger partial charge < -0.3 is 14.8 Å². The van der Waals surface area contributed by atoms with Gasteiger partial charge in [-0.2, -0.15) is 0 Å². The van der Waals surface area contributed by atoms with Gasteiger partial charge in [0, 0.05) is 17.6 Å². The highest BCUT2D eigenvalue weighted by atomic mass is 16.3. The molecule has 3 aromatic rings. The van der Waals surface area contributed by atoms with E-state index in [4.69, 9.17) is 0 Å². The van der Waals surface area contributed by atoms with Crippen molar-refractivity contribution in [2.75, 3.05) is 0 Å². The summed E-state index contributed by atoms with van der Waals surface area (Å²) in [6.07, 6.45) is 0. The summed E-state index contributed by atoms with van der Waals surface area (Å²) in [4.78, 5) is 0. The van der Waals surface area contributed by atoms with Gasteiger partial charge in [-0.05, 0) is 36.8 Å². The van der Waals surface area contributed by atoms with Gasteiger partial charge in [0.15, 0.2) is 0 Å². The van der Waals surface area contributed by atoms with Gasteiger partial charge in [0.05, 0.1) is 5.52 Å². The Balaban J connectivity index is 2.12. The van der Waals surface area contributed by atoms with Crippen molar-refractivity contribution in [3.63, 3.8) is 0 Å². The average Bonchev–Trinajstić information content (AvgIpc) is 2.67. The van der Waals surface area contributed by atoms with Gasteiger partial charge in [0.1, 0.15) is 11.5 Å². The molecule has 0 aliphatic heterocycles. The Morgan fingerprint density at radius 2 is 1.79 bits per heavy atom. The van der Waals surface area contributed by atoms with E-state index in [2.05, 4.69) is 10.6 Å². The molecule has 19 heavy (non-hydrogen) atoms. The first-order chi connectivity index (χ1) is 9.15. The fourth-order valence-corrected chi connectivity index (χ4v) is 2.48. The molecule has 96 valence electrons. The van der Waals surface area contributed by atoms with Crippen LogP contribution >= 0.6 is 0 Å². The molecule has 1 heterocycles. The SMILES string of the molecule is Cc1cc2cccc(O)c2n1Cc1cccc(O)c1. The van der Waals surface area contributed by atoms with E-state index in [1.165, 1.54) is 0 Å². The average molecular weight is 253 g/mol. The fourth-order valence-electron chi connectivity index (χ4n) is 2.48. The first kappa shape index (κ1) is 11.7. The van der Waals surface area contributed by atoms with E-state index < -0.39 is 0 Å². The molecule has 0 bridgehead atoms. The number of hydrogen-bond acceptors (Lipinski definition) is 2. The van der Waals surface area contributed by atoms with Crippen molar-refractivity contribution in [2.45, 2.75) is 13.5 Å². The number of aromatic nitrogens is 1. The van der Waals surface area contributed by atoms with Crippen LogP contribution in [0.2, 0.25) is 0 Å². The van der Waals surface area contributed by atoms with Crippen LogP contribution in [-0.2, 0) is 6.54 Å². The monoisotopic (exact) mass is 253 g/mol. The van der Waals surface area contributed by atoms with Crippen LogP contribution in [0.4, 0.5) is 0 Å². The number of hydrogen-bond donors (Lipinski definition) is 2. The van der Waals surface area contributed by atoms with Gasteiger partial charge in [0.25, 0.3) is 0 Å². The second-order valence-electron chi connectivity index (χ2n) is 4.76. The Labute approximate surface area is 111 Å². The molecule has 0 unspecified atom stereocenters. The van der Waals surface area contributed by atoms with Crippen molar-refractivity contribution in [1.29, 1.82) is 0 Å². The van der Waals surface area contributed by atoms with Crippen molar-refractivity contribution in [3.05, 3.63) is 59.8 Å². The van der Waals surface area contributed by atoms with Gasteiger partial charge in [0.2, 0.25) is 0 Å². The highest BCUT2D eigenvalue weighted by molar-refractivity contribution is 5.86. The van der Waals surface area contributed by atoms with E-state index in [-0.39, 0.29) is 11.5 Å². The summed E-state index contributed by atoms with van der Waals surface area (Å²) >= 11 is 0. The number of phenols is 2. The molecule has 0 saturated carbocycles. The minimum atomic E-state index is 0.260. The number of aromatic hydroxyl groups is 2. The Bertz CT molecular complexity index is 744. The minimum Gasteiger partial charge on any atom is -0.508 e. The molecule has 0 aliphatic rings. The summed E-state index contributed by atoms with van der Waals surface area (Å²) in [6, 6.07) is 14.8. The smallest absolute Gasteiger partial charge is 0.139 e. The van der Waals surface area contributed by atoms with Crippen LogP contribution in [-0.4, -0.2) is 14.8 Å². The predicted octanol–water partition coefficient (Wildman–Crippen LogP) is 3.41. The van der Waals surface area contributed by atoms with E-state index >= 15 is 0 Å². The van der Waals surface area contributed by atoms with Crippen molar-refractivity contribution >= 4 is 10.9 Å². The third kappa shape index (κ3) is 2.03. The summed E-state index contributed by atoms with van der Waals surface area (Å²) in [5.74, 6) is 0.543. The molecule has 3 rings (SSSR count). The maximum atomic E-state index is 10.0. The van der Waals surface area contributed by atoms with E-state index in [1.807, 2.05) is 31.2 Å². The number of para-hydroxylation sites is 1. The zero-order valence-corrected chi connectivity index (χ0v) is 10.7. The predicted molar refractivity (Wildman–Crippen MR) is 75.5 cm³/mol. The molecular weight excluding hydrogens is 238 g/mol. The number of phenolic OH excluding ortho intramolecular Hbond substituents is 2. The van der Waals surface area contributed by atoms with Crippen LogP contribution in [0.15, 0.2) is 48.5 Å². The summed E-state index contributed by atoms with van der Waals surface area (Å²) in [5.41, 5.74) is 2.92. The lowest BCUT2D eigenvalue weighted by molar-refractivity contribution is 0.474. The summed E-state index contributed by atoms with van der Waals surface area (Å²) in [7, 11) is 0. The van der Waals surface area contributed by atoms with Crippen LogP contribution in [0.3, 0.4) is 0 Å². The van der Waals surface area contributed by atoms with Gasteiger partial charge in [-0.1, -0.05) is 24.3 Å². The summed E-state index contributed by atoms with van der Waals surface area (Å²) in [5, 5.41) is 20.6. The molecular formula is C16H15NO2. The number of rotatable bonds is 2. The second-order valence-corrected chi connectivity index (χ2v) is 4.76. The zero-order chi connectivity index (χ0) is 13.4. The molecule has 2 aromatic carbocycles. The van der Waals surface area contributed by atoms with Gasteiger partial charge >= 0.3 is 0 Å². The van der Waals surface area contributed by atoms with Crippen LogP contribution in [0.1, 0.15) is 11.3 Å². The highest BCUT2D eigenvalue weighted by Gasteiger charge is 2.09. The maximum Gasteiger partial charge on any atom is 0.139 e. The Morgan fingerprint density at radius 1 is 1.00 bits per heavy atom. The van der Waals surface area contributed by atoms with Crippen molar-refractivity contribution < 1.29 is 10.2 Å². The largest absolute Gasteiger partial charge is 0.508 e.